The molecule has 1 rings (SSSR count). The summed E-state index contributed by atoms with van der Waals surface area (Å²) in [5, 5.41) is 0. The SMILES string of the molecule is CSCC[C@@H](N)C(=O)N(C)C(C)c1ccc(F)c(F)c1. The lowest BCUT2D eigenvalue weighted by Crippen LogP contribution is -2.43. The average molecular weight is 302 g/mol. The fourth-order valence-corrected chi connectivity index (χ4v) is 2.31. The van der Waals surface area contributed by atoms with Crippen molar-refractivity contribution in [1.29, 1.82) is 0 Å². The number of likely N-dealkylation sites (N-methyl/N-ethyl adjacent to an activating group) is 1. The summed E-state index contributed by atoms with van der Waals surface area (Å²) in [6.45, 7) is 1.76. The molecular weight excluding hydrogens is 282 g/mol. The van der Waals surface area contributed by atoms with Crippen molar-refractivity contribution in [2.45, 2.75) is 25.4 Å². The van der Waals surface area contributed by atoms with Gasteiger partial charge in [-0.15, -0.1) is 0 Å². The molecule has 3 nitrogen and oxygen atoms in total. The first-order valence-corrected chi connectivity index (χ1v) is 7.74. The molecule has 1 unspecified atom stereocenters. The van der Waals surface area contributed by atoms with Gasteiger partial charge in [0.1, 0.15) is 0 Å². The molecule has 112 valence electrons. The molecule has 0 saturated carbocycles. The number of amides is 1. The molecule has 0 radical (unpaired) electrons. The van der Waals surface area contributed by atoms with Crippen LogP contribution in [0.4, 0.5) is 8.78 Å². The minimum Gasteiger partial charge on any atom is -0.338 e. The molecule has 0 bridgehead atoms. The third kappa shape index (κ3) is 4.18. The third-order valence-electron chi connectivity index (χ3n) is 3.30. The van der Waals surface area contributed by atoms with Crippen LogP contribution in [0.1, 0.15) is 24.9 Å². The van der Waals surface area contributed by atoms with E-state index in [-0.39, 0.29) is 11.9 Å². The Labute approximate surface area is 122 Å². The highest BCUT2D eigenvalue weighted by atomic mass is 32.2. The maximum Gasteiger partial charge on any atom is 0.239 e. The van der Waals surface area contributed by atoms with Crippen LogP contribution in [0.25, 0.3) is 0 Å². The van der Waals surface area contributed by atoms with Gasteiger partial charge in [-0.25, -0.2) is 8.78 Å². The van der Waals surface area contributed by atoms with Gasteiger partial charge >= 0.3 is 0 Å². The van der Waals surface area contributed by atoms with Crippen LogP contribution in [-0.2, 0) is 4.79 Å². The molecule has 0 spiro atoms. The van der Waals surface area contributed by atoms with Gasteiger partial charge < -0.3 is 10.6 Å². The molecule has 0 aliphatic heterocycles. The zero-order valence-corrected chi connectivity index (χ0v) is 12.7. The molecule has 0 saturated heterocycles. The first kappa shape index (κ1) is 16.9. The van der Waals surface area contributed by atoms with E-state index in [4.69, 9.17) is 5.73 Å². The number of benzene rings is 1. The van der Waals surface area contributed by atoms with Gasteiger partial charge in [0.2, 0.25) is 5.91 Å². The van der Waals surface area contributed by atoms with Crippen LogP contribution in [0.15, 0.2) is 18.2 Å². The number of nitrogens with two attached hydrogens (primary N) is 1. The van der Waals surface area contributed by atoms with E-state index in [1.807, 2.05) is 6.26 Å². The lowest BCUT2D eigenvalue weighted by atomic mass is 10.1. The fourth-order valence-electron chi connectivity index (χ4n) is 1.82. The molecule has 0 aromatic heterocycles. The van der Waals surface area contributed by atoms with Crippen molar-refractivity contribution in [3.8, 4) is 0 Å². The molecule has 0 aliphatic carbocycles. The topological polar surface area (TPSA) is 46.3 Å². The zero-order chi connectivity index (χ0) is 15.3. The Morgan fingerprint density at radius 2 is 2.05 bits per heavy atom. The van der Waals surface area contributed by atoms with Crippen molar-refractivity contribution in [2.75, 3.05) is 19.1 Å². The minimum atomic E-state index is -0.915. The van der Waals surface area contributed by atoms with Crippen molar-refractivity contribution >= 4 is 17.7 Å². The van der Waals surface area contributed by atoms with E-state index in [1.54, 1.807) is 25.7 Å². The largest absolute Gasteiger partial charge is 0.338 e. The molecule has 1 aromatic carbocycles. The number of thioether (sulfide) groups is 1. The number of rotatable bonds is 6. The molecule has 6 heteroatoms. The summed E-state index contributed by atoms with van der Waals surface area (Å²) >= 11 is 1.63. The van der Waals surface area contributed by atoms with Gasteiger partial charge in [-0.1, -0.05) is 6.07 Å². The summed E-state index contributed by atoms with van der Waals surface area (Å²) in [4.78, 5) is 13.6. The second-order valence-corrected chi connectivity index (χ2v) is 5.67. The molecular formula is C14H20F2N2OS. The van der Waals surface area contributed by atoms with E-state index in [2.05, 4.69) is 0 Å². The van der Waals surface area contributed by atoms with Gasteiger partial charge in [0, 0.05) is 7.05 Å². The Hall–Kier alpha value is -1.14. The summed E-state index contributed by atoms with van der Waals surface area (Å²) < 4.78 is 26.1. The highest BCUT2D eigenvalue weighted by molar-refractivity contribution is 7.98. The van der Waals surface area contributed by atoms with Gasteiger partial charge in [0.05, 0.1) is 12.1 Å². The summed E-state index contributed by atoms with van der Waals surface area (Å²) in [5.41, 5.74) is 6.37. The highest BCUT2D eigenvalue weighted by Crippen LogP contribution is 2.21. The molecule has 0 heterocycles. The van der Waals surface area contributed by atoms with Gasteiger partial charge in [-0.2, -0.15) is 11.8 Å². The molecule has 1 aromatic rings. The molecule has 2 atom stereocenters. The Kier molecular flexibility index (Phi) is 6.42. The van der Waals surface area contributed by atoms with Gasteiger partial charge in [0.25, 0.3) is 0 Å². The third-order valence-corrected chi connectivity index (χ3v) is 3.95. The van der Waals surface area contributed by atoms with E-state index < -0.39 is 17.7 Å². The van der Waals surface area contributed by atoms with Crippen molar-refractivity contribution in [2.24, 2.45) is 5.73 Å². The second kappa shape index (κ2) is 7.59. The average Bonchev–Trinajstić information content (AvgIpc) is 2.45. The Balaban J connectivity index is 2.77. The molecule has 2 N–H and O–H groups in total. The quantitative estimate of drug-likeness (QED) is 0.878. The molecule has 0 aliphatic rings. The summed E-state index contributed by atoms with van der Waals surface area (Å²) in [7, 11) is 1.62. The second-order valence-electron chi connectivity index (χ2n) is 4.69. The molecule has 1 amide bonds. The van der Waals surface area contributed by atoms with Crippen LogP contribution in [-0.4, -0.2) is 35.9 Å². The standard InChI is InChI=1S/C14H20F2N2OS/c1-9(10-4-5-11(15)12(16)8-10)18(2)14(19)13(17)6-7-20-3/h4-5,8-9,13H,6-7,17H2,1-3H3/t9?,13-/m1/s1. The monoisotopic (exact) mass is 302 g/mol. The Bertz CT molecular complexity index is 470. The lowest BCUT2D eigenvalue weighted by molar-refractivity contribution is -0.133. The van der Waals surface area contributed by atoms with E-state index in [0.29, 0.717) is 12.0 Å². The number of hydrogen-bond acceptors (Lipinski definition) is 3. The number of hydrogen-bond donors (Lipinski definition) is 1. The van der Waals surface area contributed by atoms with Gasteiger partial charge in [-0.05, 0) is 43.0 Å². The fraction of sp³-hybridized carbons (Fsp3) is 0.500. The van der Waals surface area contributed by atoms with Crippen LogP contribution in [0.5, 0.6) is 0 Å². The van der Waals surface area contributed by atoms with Crippen LogP contribution in [0.3, 0.4) is 0 Å². The van der Waals surface area contributed by atoms with Crippen LogP contribution >= 0.6 is 11.8 Å². The van der Waals surface area contributed by atoms with E-state index in [1.165, 1.54) is 11.0 Å². The smallest absolute Gasteiger partial charge is 0.239 e. The first-order chi connectivity index (χ1) is 9.38. The predicted molar refractivity (Wildman–Crippen MR) is 78.5 cm³/mol. The van der Waals surface area contributed by atoms with Crippen LogP contribution in [0, 0.1) is 11.6 Å². The first-order valence-electron chi connectivity index (χ1n) is 6.34. The Morgan fingerprint density at radius 1 is 1.40 bits per heavy atom. The normalized spacial score (nSPS) is 13.9. The van der Waals surface area contributed by atoms with Gasteiger partial charge in [0.15, 0.2) is 11.6 Å². The number of carbonyl (C=O) groups is 1. The number of nitrogens with zero attached hydrogens (tertiary/aromatic N) is 1. The predicted octanol–water partition coefficient (Wildman–Crippen LogP) is 2.56. The summed E-state index contributed by atoms with van der Waals surface area (Å²) in [6.07, 6.45) is 2.54. The minimum absolute atomic E-state index is 0.198. The van der Waals surface area contributed by atoms with Crippen molar-refractivity contribution in [1.82, 2.24) is 4.90 Å². The summed E-state index contributed by atoms with van der Waals surface area (Å²) in [5.74, 6) is -1.20. The molecule has 0 fully saturated rings. The lowest BCUT2D eigenvalue weighted by Gasteiger charge is -2.28. The van der Waals surface area contributed by atoms with Crippen molar-refractivity contribution in [3.05, 3.63) is 35.4 Å². The Morgan fingerprint density at radius 3 is 2.60 bits per heavy atom. The highest BCUT2D eigenvalue weighted by Gasteiger charge is 2.23. The molecule has 20 heavy (non-hydrogen) atoms. The maximum absolute atomic E-state index is 13.2. The number of halogens is 2. The van der Waals surface area contributed by atoms with E-state index >= 15 is 0 Å². The maximum atomic E-state index is 13.2. The van der Waals surface area contributed by atoms with Crippen molar-refractivity contribution < 1.29 is 13.6 Å². The van der Waals surface area contributed by atoms with Crippen LogP contribution in [0.2, 0.25) is 0 Å². The van der Waals surface area contributed by atoms with E-state index in [9.17, 15) is 13.6 Å². The van der Waals surface area contributed by atoms with Crippen molar-refractivity contribution in [3.63, 3.8) is 0 Å². The number of carbonyl (C=O) groups excluding carboxylic acids is 1. The summed E-state index contributed by atoms with van der Waals surface area (Å²) in [6, 6.07) is 2.71. The zero-order valence-electron chi connectivity index (χ0n) is 11.9. The van der Waals surface area contributed by atoms with E-state index in [0.717, 1.165) is 17.9 Å². The van der Waals surface area contributed by atoms with Crippen LogP contribution < -0.4 is 5.73 Å². The van der Waals surface area contributed by atoms with Gasteiger partial charge in [-0.3, -0.25) is 4.79 Å².